The number of nitrogen functional groups attached to an aromatic ring is 1. The monoisotopic (exact) mass is 374 g/mol. The Balaban J connectivity index is 2.32. The van der Waals surface area contributed by atoms with Gasteiger partial charge >= 0.3 is 0 Å². The van der Waals surface area contributed by atoms with E-state index in [9.17, 15) is 12.8 Å². The van der Waals surface area contributed by atoms with Crippen LogP contribution < -0.4 is 15.2 Å². The summed E-state index contributed by atoms with van der Waals surface area (Å²) in [5, 5.41) is 0. The van der Waals surface area contributed by atoms with E-state index in [0.29, 0.717) is 10.2 Å². The normalized spacial score (nSPS) is 11.2. The summed E-state index contributed by atoms with van der Waals surface area (Å²) in [7, 11) is -2.50. The van der Waals surface area contributed by atoms with Crippen LogP contribution in [0.3, 0.4) is 0 Å². The number of anilines is 2. The highest BCUT2D eigenvalue weighted by atomic mass is 79.9. The lowest BCUT2D eigenvalue weighted by molar-refractivity contribution is 0.386. The topological polar surface area (TPSA) is 81.4 Å². The average molecular weight is 375 g/mol. The van der Waals surface area contributed by atoms with Gasteiger partial charge in [0.1, 0.15) is 0 Å². The Bertz CT molecular complexity index is 781. The van der Waals surface area contributed by atoms with Gasteiger partial charge in [0.2, 0.25) is 0 Å². The fraction of sp³-hybridized carbons (Fsp3) is 0.0769. The lowest BCUT2D eigenvalue weighted by atomic mass is 10.3. The average Bonchev–Trinajstić information content (AvgIpc) is 2.41. The minimum absolute atomic E-state index is 0.0137. The van der Waals surface area contributed by atoms with Crippen molar-refractivity contribution < 1.29 is 17.5 Å². The number of rotatable bonds is 4. The molecule has 0 saturated heterocycles. The molecule has 5 nitrogen and oxygen atoms in total. The van der Waals surface area contributed by atoms with Crippen molar-refractivity contribution in [1.29, 1.82) is 0 Å². The van der Waals surface area contributed by atoms with Gasteiger partial charge in [0.25, 0.3) is 10.0 Å². The lowest BCUT2D eigenvalue weighted by Crippen LogP contribution is -2.13. The molecule has 0 aliphatic heterocycles. The number of methoxy groups -OCH3 is 1. The third-order valence-electron chi connectivity index (χ3n) is 2.69. The summed E-state index contributed by atoms with van der Waals surface area (Å²) in [6.45, 7) is 0. The molecular weight excluding hydrogens is 363 g/mol. The molecule has 0 aliphatic carbocycles. The molecule has 2 rings (SSSR count). The van der Waals surface area contributed by atoms with Gasteiger partial charge in [-0.3, -0.25) is 4.72 Å². The van der Waals surface area contributed by atoms with Gasteiger partial charge in [0.05, 0.1) is 17.7 Å². The number of benzene rings is 2. The molecule has 0 spiro atoms. The van der Waals surface area contributed by atoms with E-state index in [1.54, 1.807) is 0 Å². The van der Waals surface area contributed by atoms with Crippen LogP contribution in [-0.4, -0.2) is 15.5 Å². The maximum Gasteiger partial charge on any atom is 0.261 e. The Morgan fingerprint density at radius 2 is 1.95 bits per heavy atom. The van der Waals surface area contributed by atoms with E-state index in [-0.39, 0.29) is 16.3 Å². The van der Waals surface area contributed by atoms with Crippen molar-refractivity contribution in [3.05, 3.63) is 46.7 Å². The fourth-order valence-corrected chi connectivity index (χ4v) is 3.22. The smallest absolute Gasteiger partial charge is 0.261 e. The van der Waals surface area contributed by atoms with Gasteiger partial charge in [-0.1, -0.05) is 0 Å². The summed E-state index contributed by atoms with van der Waals surface area (Å²) in [4.78, 5) is 0.0137. The minimum atomic E-state index is -3.83. The van der Waals surface area contributed by atoms with Crippen LogP contribution in [0.5, 0.6) is 5.75 Å². The summed E-state index contributed by atoms with van der Waals surface area (Å²) < 4.78 is 45.5. The predicted molar refractivity (Wildman–Crippen MR) is 82.3 cm³/mol. The predicted octanol–water partition coefficient (Wildman–Crippen LogP) is 2.98. The molecule has 8 heteroatoms. The Morgan fingerprint density at radius 1 is 1.24 bits per heavy atom. The van der Waals surface area contributed by atoms with E-state index >= 15 is 0 Å². The molecule has 0 heterocycles. The third kappa shape index (κ3) is 3.45. The first-order valence-electron chi connectivity index (χ1n) is 5.75. The first-order chi connectivity index (χ1) is 9.83. The molecule has 112 valence electrons. The highest BCUT2D eigenvalue weighted by Gasteiger charge is 2.16. The Labute approximate surface area is 130 Å². The van der Waals surface area contributed by atoms with Crippen molar-refractivity contribution in [3.63, 3.8) is 0 Å². The van der Waals surface area contributed by atoms with Gasteiger partial charge in [-0.25, -0.2) is 12.8 Å². The van der Waals surface area contributed by atoms with Crippen molar-refractivity contribution in [2.75, 3.05) is 17.6 Å². The first-order valence-corrected chi connectivity index (χ1v) is 8.02. The Morgan fingerprint density at radius 3 is 2.52 bits per heavy atom. The van der Waals surface area contributed by atoms with Crippen molar-refractivity contribution in [2.45, 2.75) is 4.90 Å². The summed E-state index contributed by atoms with van der Waals surface area (Å²) in [5.41, 5.74) is 6.13. The number of nitrogens with two attached hydrogens (primary N) is 1. The van der Waals surface area contributed by atoms with E-state index in [0.717, 1.165) is 6.07 Å². The van der Waals surface area contributed by atoms with Crippen LogP contribution in [0.1, 0.15) is 0 Å². The van der Waals surface area contributed by atoms with Crippen molar-refractivity contribution in [3.8, 4) is 5.75 Å². The van der Waals surface area contributed by atoms with E-state index in [1.807, 2.05) is 0 Å². The van der Waals surface area contributed by atoms with Crippen LogP contribution in [0.4, 0.5) is 15.8 Å². The number of sulfonamides is 1. The zero-order chi connectivity index (χ0) is 15.6. The maximum absolute atomic E-state index is 13.6. The lowest BCUT2D eigenvalue weighted by Gasteiger charge is -2.10. The van der Waals surface area contributed by atoms with Crippen LogP contribution in [0.25, 0.3) is 0 Å². The highest BCUT2D eigenvalue weighted by Crippen LogP contribution is 2.26. The Kier molecular flexibility index (Phi) is 4.38. The van der Waals surface area contributed by atoms with Crippen LogP contribution in [0.2, 0.25) is 0 Å². The number of ether oxygens (including phenoxy) is 1. The highest BCUT2D eigenvalue weighted by molar-refractivity contribution is 9.10. The second kappa shape index (κ2) is 5.90. The second-order valence-electron chi connectivity index (χ2n) is 4.14. The molecule has 0 saturated carbocycles. The molecule has 0 bridgehead atoms. The van der Waals surface area contributed by atoms with Gasteiger partial charge in [-0.15, -0.1) is 0 Å². The van der Waals surface area contributed by atoms with E-state index < -0.39 is 15.8 Å². The summed E-state index contributed by atoms with van der Waals surface area (Å²) in [6, 6.07) is 7.99. The molecular formula is C13H12BrFN2O3S. The van der Waals surface area contributed by atoms with Gasteiger partial charge in [0.15, 0.2) is 11.6 Å². The van der Waals surface area contributed by atoms with Crippen molar-refractivity contribution in [2.24, 2.45) is 0 Å². The number of hydrogen-bond acceptors (Lipinski definition) is 4. The summed E-state index contributed by atoms with van der Waals surface area (Å²) in [6.07, 6.45) is 0. The molecule has 0 fully saturated rings. The van der Waals surface area contributed by atoms with Crippen LogP contribution in [0.15, 0.2) is 45.8 Å². The molecule has 2 aromatic carbocycles. The molecule has 0 radical (unpaired) electrons. The largest absolute Gasteiger partial charge is 0.494 e. The molecule has 0 amide bonds. The van der Waals surface area contributed by atoms with E-state index in [4.69, 9.17) is 10.5 Å². The second-order valence-corrected chi connectivity index (χ2v) is 6.67. The zero-order valence-electron chi connectivity index (χ0n) is 10.9. The van der Waals surface area contributed by atoms with Crippen LogP contribution in [0, 0.1) is 5.82 Å². The van der Waals surface area contributed by atoms with Crippen LogP contribution in [-0.2, 0) is 10.0 Å². The molecule has 3 N–H and O–H groups in total. The minimum Gasteiger partial charge on any atom is -0.494 e. The molecule has 0 unspecified atom stereocenters. The van der Waals surface area contributed by atoms with Gasteiger partial charge in [-0.2, -0.15) is 0 Å². The number of hydrogen-bond donors (Lipinski definition) is 2. The van der Waals surface area contributed by atoms with Crippen molar-refractivity contribution >= 4 is 37.3 Å². The quantitative estimate of drug-likeness (QED) is 0.806. The van der Waals surface area contributed by atoms with Crippen molar-refractivity contribution in [1.82, 2.24) is 0 Å². The molecule has 21 heavy (non-hydrogen) atoms. The van der Waals surface area contributed by atoms with Gasteiger partial charge in [0, 0.05) is 16.2 Å². The SMILES string of the molecule is COc1ccc(NS(=O)(=O)c2ccc(N)c(Br)c2)cc1F. The summed E-state index contributed by atoms with van der Waals surface area (Å²) >= 11 is 3.16. The van der Waals surface area contributed by atoms with Gasteiger partial charge in [-0.05, 0) is 46.3 Å². The fourth-order valence-electron chi connectivity index (χ4n) is 1.62. The summed E-state index contributed by atoms with van der Waals surface area (Å²) in [5.74, 6) is -0.621. The molecule has 2 aromatic rings. The van der Waals surface area contributed by atoms with E-state index in [1.165, 1.54) is 37.4 Å². The van der Waals surface area contributed by atoms with Crippen LogP contribution >= 0.6 is 15.9 Å². The first kappa shape index (κ1) is 15.6. The number of halogens is 2. The third-order valence-corrected chi connectivity index (χ3v) is 4.75. The molecule has 0 atom stereocenters. The molecule has 0 aliphatic rings. The number of nitrogens with one attached hydrogen (secondary N) is 1. The zero-order valence-corrected chi connectivity index (χ0v) is 13.3. The molecule has 0 aromatic heterocycles. The maximum atomic E-state index is 13.6. The van der Waals surface area contributed by atoms with E-state index in [2.05, 4.69) is 20.7 Å². The standard InChI is InChI=1S/C13H12BrFN2O3S/c1-20-13-5-2-8(6-11(13)15)17-21(18,19)9-3-4-12(16)10(14)7-9/h2-7,17H,16H2,1H3. The van der Waals surface area contributed by atoms with Gasteiger partial charge < -0.3 is 10.5 Å². The Hall–Kier alpha value is -1.80.